The number of sulfone groups is 1. The van der Waals surface area contributed by atoms with Gasteiger partial charge in [-0.1, -0.05) is 12.1 Å². The molecule has 0 radical (unpaired) electrons. The molecule has 2 N–H and O–H groups in total. The fourth-order valence-corrected chi connectivity index (χ4v) is 5.56. The number of aromatic amines is 1. The van der Waals surface area contributed by atoms with Crippen molar-refractivity contribution in [3.8, 4) is 22.6 Å². The first-order valence-corrected chi connectivity index (χ1v) is 14.2. The van der Waals surface area contributed by atoms with Crippen molar-refractivity contribution in [2.45, 2.75) is 30.6 Å². The zero-order valence-electron chi connectivity index (χ0n) is 20.6. The smallest absolute Gasteiger partial charge is 0.274 e. The average Bonchev–Trinajstić information content (AvgIpc) is 3.37. The minimum atomic E-state index is -3.44. The SMILES string of the molecule is Cn1cc(-c2cc(S(C)(=O)=O)ccc2Oc2ccc(CCC3CCNCC3)cc2)c2cc[nH]c2c1=O. The first-order valence-electron chi connectivity index (χ1n) is 12.3. The molecular formula is C28H31N3O4S. The van der Waals surface area contributed by atoms with Crippen molar-refractivity contribution in [2.75, 3.05) is 19.3 Å². The van der Waals surface area contributed by atoms with Crippen LogP contribution in [0.2, 0.25) is 0 Å². The van der Waals surface area contributed by atoms with E-state index in [2.05, 4.69) is 22.4 Å². The summed E-state index contributed by atoms with van der Waals surface area (Å²) >= 11 is 0. The maximum Gasteiger partial charge on any atom is 0.274 e. The number of pyridine rings is 1. The largest absolute Gasteiger partial charge is 0.457 e. The molecule has 0 saturated carbocycles. The molecule has 1 aliphatic rings. The van der Waals surface area contributed by atoms with Crippen LogP contribution in [0.3, 0.4) is 0 Å². The summed E-state index contributed by atoms with van der Waals surface area (Å²) in [6.45, 7) is 2.23. The van der Waals surface area contributed by atoms with Crippen LogP contribution in [-0.4, -0.2) is 37.3 Å². The molecule has 0 bridgehead atoms. The van der Waals surface area contributed by atoms with Gasteiger partial charge in [0.2, 0.25) is 0 Å². The van der Waals surface area contributed by atoms with E-state index in [4.69, 9.17) is 4.74 Å². The molecule has 8 heteroatoms. The van der Waals surface area contributed by atoms with Crippen molar-refractivity contribution in [1.82, 2.24) is 14.9 Å². The van der Waals surface area contributed by atoms with E-state index in [0.29, 0.717) is 33.5 Å². The topological polar surface area (TPSA) is 93.2 Å². The van der Waals surface area contributed by atoms with E-state index in [9.17, 15) is 13.2 Å². The summed E-state index contributed by atoms with van der Waals surface area (Å²) in [7, 11) is -1.76. The van der Waals surface area contributed by atoms with Crippen molar-refractivity contribution in [1.29, 1.82) is 0 Å². The molecule has 7 nitrogen and oxygen atoms in total. The highest BCUT2D eigenvalue weighted by molar-refractivity contribution is 7.90. The zero-order chi connectivity index (χ0) is 25.3. The third kappa shape index (κ3) is 5.10. The van der Waals surface area contributed by atoms with Gasteiger partial charge >= 0.3 is 0 Å². The van der Waals surface area contributed by atoms with E-state index in [1.807, 2.05) is 18.2 Å². The second kappa shape index (κ2) is 9.95. The average molecular weight is 506 g/mol. The lowest BCUT2D eigenvalue weighted by Crippen LogP contribution is -2.27. The Labute approximate surface area is 211 Å². The molecule has 0 unspecified atom stereocenters. The number of H-pyrrole nitrogens is 1. The maximum atomic E-state index is 12.6. The van der Waals surface area contributed by atoms with Crippen LogP contribution in [0.5, 0.6) is 11.5 Å². The number of fused-ring (bicyclic) bond motifs is 1. The lowest BCUT2D eigenvalue weighted by atomic mass is 9.91. The summed E-state index contributed by atoms with van der Waals surface area (Å²) < 4.78 is 32.4. The van der Waals surface area contributed by atoms with Crippen molar-refractivity contribution in [2.24, 2.45) is 13.0 Å². The van der Waals surface area contributed by atoms with Crippen molar-refractivity contribution in [3.05, 3.63) is 76.8 Å². The normalized spacial score (nSPS) is 14.8. The van der Waals surface area contributed by atoms with Gasteiger partial charge in [-0.2, -0.15) is 0 Å². The summed E-state index contributed by atoms with van der Waals surface area (Å²) in [6, 6.07) is 14.8. The molecule has 2 aromatic carbocycles. The molecule has 0 atom stereocenters. The predicted octanol–water partition coefficient (Wildman–Crippen LogP) is 4.66. The van der Waals surface area contributed by atoms with Crippen LogP contribution in [0, 0.1) is 5.92 Å². The van der Waals surface area contributed by atoms with Gasteiger partial charge in [-0.3, -0.25) is 4.79 Å². The third-order valence-corrected chi connectivity index (χ3v) is 8.12. The van der Waals surface area contributed by atoms with Crippen LogP contribution in [0.15, 0.2) is 70.6 Å². The molecule has 0 spiro atoms. The molecule has 3 heterocycles. The van der Waals surface area contributed by atoms with E-state index in [1.54, 1.807) is 37.6 Å². The van der Waals surface area contributed by atoms with E-state index in [0.717, 1.165) is 25.4 Å². The minimum absolute atomic E-state index is 0.152. The molecule has 0 amide bonds. The molecule has 4 aromatic rings. The van der Waals surface area contributed by atoms with E-state index < -0.39 is 9.84 Å². The Balaban J connectivity index is 1.47. The first-order chi connectivity index (χ1) is 17.3. The summed E-state index contributed by atoms with van der Waals surface area (Å²) in [6.07, 6.45) is 9.33. The van der Waals surface area contributed by atoms with Crippen LogP contribution < -0.4 is 15.6 Å². The quantitative estimate of drug-likeness (QED) is 0.381. The molecule has 0 aliphatic carbocycles. The number of benzene rings is 2. The van der Waals surface area contributed by atoms with E-state index in [1.165, 1.54) is 35.6 Å². The lowest BCUT2D eigenvalue weighted by Gasteiger charge is -2.22. The van der Waals surface area contributed by atoms with Crippen LogP contribution >= 0.6 is 0 Å². The van der Waals surface area contributed by atoms with Gasteiger partial charge < -0.3 is 19.6 Å². The Morgan fingerprint density at radius 1 is 1.03 bits per heavy atom. The molecule has 188 valence electrons. The van der Waals surface area contributed by atoms with Gasteiger partial charge in [-0.05, 0) is 86.7 Å². The molecule has 1 aliphatic heterocycles. The molecular weight excluding hydrogens is 474 g/mol. The number of rotatable bonds is 7. The second-order valence-corrected chi connectivity index (χ2v) is 11.6. The Morgan fingerprint density at radius 2 is 1.78 bits per heavy atom. The van der Waals surface area contributed by atoms with E-state index >= 15 is 0 Å². The minimum Gasteiger partial charge on any atom is -0.457 e. The number of hydrogen-bond donors (Lipinski definition) is 2. The monoisotopic (exact) mass is 505 g/mol. The highest BCUT2D eigenvalue weighted by Gasteiger charge is 2.18. The highest BCUT2D eigenvalue weighted by Crippen LogP contribution is 2.38. The summed E-state index contributed by atoms with van der Waals surface area (Å²) in [5.74, 6) is 1.97. The summed E-state index contributed by atoms with van der Waals surface area (Å²) in [5, 5.41) is 4.13. The number of aromatic nitrogens is 2. The highest BCUT2D eigenvalue weighted by atomic mass is 32.2. The number of nitrogens with zero attached hydrogens (tertiary/aromatic N) is 1. The number of aryl methyl sites for hydroxylation is 2. The summed E-state index contributed by atoms with van der Waals surface area (Å²) in [4.78, 5) is 15.8. The number of piperidine rings is 1. The Kier molecular flexibility index (Phi) is 6.73. The number of hydrogen-bond acceptors (Lipinski definition) is 5. The Morgan fingerprint density at radius 3 is 2.50 bits per heavy atom. The number of nitrogens with one attached hydrogen (secondary N) is 2. The lowest BCUT2D eigenvalue weighted by molar-refractivity contribution is 0.354. The van der Waals surface area contributed by atoms with Crippen LogP contribution in [0.1, 0.15) is 24.8 Å². The van der Waals surface area contributed by atoms with Gasteiger partial charge in [-0.15, -0.1) is 0 Å². The molecule has 5 rings (SSSR count). The molecule has 1 saturated heterocycles. The number of ether oxygens (including phenoxy) is 1. The maximum absolute atomic E-state index is 12.6. The van der Waals surface area contributed by atoms with Crippen LogP contribution in [0.25, 0.3) is 22.0 Å². The van der Waals surface area contributed by atoms with Gasteiger partial charge in [0.1, 0.15) is 17.0 Å². The van der Waals surface area contributed by atoms with Gasteiger partial charge in [0, 0.05) is 42.2 Å². The van der Waals surface area contributed by atoms with Crippen molar-refractivity contribution < 1.29 is 13.2 Å². The molecule has 36 heavy (non-hydrogen) atoms. The van der Waals surface area contributed by atoms with Crippen LogP contribution in [0.4, 0.5) is 0 Å². The van der Waals surface area contributed by atoms with Gasteiger partial charge in [0.05, 0.1) is 4.90 Å². The second-order valence-electron chi connectivity index (χ2n) is 9.63. The zero-order valence-corrected chi connectivity index (χ0v) is 21.4. The third-order valence-electron chi connectivity index (χ3n) is 7.01. The predicted molar refractivity (Wildman–Crippen MR) is 143 cm³/mol. The molecule has 1 fully saturated rings. The Bertz CT molecular complexity index is 1550. The standard InChI is InChI=1S/C28H31N3O4S/c1-31-18-25(23-13-16-30-27(23)28(31)32)24-17-22(36(2,33)34)9-10-26(24)35-21-7-5-19(6-8-21)3-4-20-11-14-29-15-12-20/h5-10,13,16-18,20,29-30H,3-4,11-12,14-15H2,1-2H3. The molecule has 2 aromatic heterocycles. The fourth-order valence-electron chi connectivity index (χ4n) is 4.92. The van der Waals surface area contributed by atoms with Crippen LogP contribution in [-0.2, 0) is 23.3 Å². The first kappa shape index (κ1) is 24.3. The van der Waals surface area contributed by atoms with Crippen molar-refractivity contribution in [3.63, 3.8) is 0 Å². The van der Waals surface area contributed by atoms with Gasteiger partial charge in [0.25, 0.3) is 5.56 Å². The fraction of sp³-hybridized carbons (Fsp3) is 0.321. The van der Waals surface area contributed by atoms with Gasteiger partial charge in [-0.25, -0.2) is 8.42 Å². The van der Waals surface area contributed by atoms with Gasteiger partial charge in [0.15, 0.2) is 9.84 Å². The Hall–Kier alpha value is -3.36. The summed E-state index contributed by atoms with van der Waals surface area (Å²) in [5.41, 5.74) is 2.91. The van der Waals surface area contributed by atoms with E-state index in [-0.39, 0.29) is 10.5 Å². The van der Waals surface area contributed by atoms with Crippen molar-refractivity contribution >= 4 is 20.7 Å².